The van der Waals surface area contributed by atoms with Crippen LogP contribution < -0.4 is 4.74 Å². The van der Waals surface area contributed by atoms with E-state index in [-0.39, 0.29) is 17.4 Å². The fourth-order valence-corrected chi connectivity index (χ4v) is 3.97. The van der Waals surface area contributed by atoms with E-state index in [0.29, 0.717) is 16.5 Å². The Labute approximate surface area is 151 Å². The van der Waals surface area contributed by atoms with Crippen LogP contribution in [0.1, 0.15) is 23.2 Å². The third-order valence-electron chi connectivity index (χ3n) is 5.02. The van der Waals surface area contributed by atoms with Crippen LogP contribution in [0.4, 0.5) is 5.69 Å². The molecule has 1 spiro atoms. The number of amides is 1. The Morgan fingerprint density at radius 3 is 2.56 bits per heavy atom. The molecule has 25 heavy (non-hydrogen) atoms. The molecule has 1 saturated carbocycles. The Bertz CT molecular complexity index is 846. The molecule has 5 heteroatoms. The average molecular weight is 353 g/mol. The van der Waals surface area contributed by atoms with Gasteiger partial charge in [-0.2, -0.15) is 0 Å². The Morgan fingerprint density at radius 1 is 1.20 bits per heavy atom. The van der Waals surface area contributed by atoms with Gasteiger partial charge in [0.05, 0.1) is 11.6 Å². The lowest BCUT2D eigenvalue weighted by Crippen LogP contribution is -2.65. The number of hydrogen-bond acceptors (Lipinski definition) is 2. The van der Waals surface area contributed by atoms with Crippen molar-refractivity contribution in [3.05, 3.63) is 70.5 Å². The zero-order valence-corrected chi connectivity index (χ0v) is 14.4. The minimum atomic E-state index is 0.108. The minimum absolute atomic E-state index is 0.108. The molecule has 126 valence electrons. The zero-order valence-electron chi connectivity index (χ0n) is 13.6. The van der Waals surface area contributed by atoms with E-state index in [0.717, 1.165) is 31.5 Å². The summed E-state index contributed by atoms with van der Waals surface area (Å²) in [5.74, 6) is 0.811. The van der Waals surface area contributed by atoms with E-state index in [9.17, 15) is 4.79 Å². The Hall–Kier alpha value is -2.51. The van der Waals surface area contributed by atoms with Gasteiger partial charge in [0, 0.05) is 24.1 Å². The first kappa shape index (κ1) is 16.0. The van der Waals surface area contributed by atoms with Crippen LogP contribution in [-0.4, -0.2) is 30.0 Å². The summed E-state index contributed by atoms with van der Waals surface area (Å²) in [6.07, 6.45) is 2.06. The van der Waals surface area contributed by atoms with Crippen molar-refractivity contribution < 1.29 is 9.53 Å². The predicted molar refractivity (Wildman–Crippen MR) is 96.1 cm³/mol. The second-order valence-corrected chi connectivity index (χ2v) is 7.31. The molecule has 2 aromatic carbocycles. The van der Waals surface area contributed by atoms with Crippen molar-refractivity contribution >= 4 is 23.2 Å². The normalized spacial score (nSPS) is 18.2. The molecular formula is C20H17ClN2O2. The minimum Gasteiger partial charge on any atom is -0.490 e. The van der Waals surface area contributed by atoms with Gasteiger partial charge < -0.3 is 9.64 Å². The Morgan fingerprint density at radius 2 is 1.92 bits per heavy atom. The summed E-state index contributed by atoms with van der Waals surface area (Å²) in [6.45, 7) is 8.62. The predicted octanol–water partition coefficient (Wildman–Crippen LogP) is 4.57. The summed E-state index contributed by atoms with van der Waals surface area (Å²) in [5, 5.41) is 0.421. The van der Waals surface area contributed by atoms with E-state index in [1.165, 1.54) is 0 Å². The lowest BCUT2D eigenvalue weighted by molar-refractivity contribution is -0.103. The number of rotatable bonds is 3. The Kier molecular flexibility index (Phi) is 3.89. The molecule has 0 aromatic heterocycles. The van der Waals surface area contributed by atoms with E-state index in [1.807, 2.05) is 35.2 Å². The van der Waals surface area contributed by atoms with Gasteiger partial charge in [-0.3, -0.25) is 4.79 Å². The summed E-state index contributed by atoms with van der Waals surface area (Å²) in [4.78, 5) is 17.6. The summed E-state index contributed by atoms with van der Waals surface area (Å²) in [6, 6.07) is 14.6. The van der Waals surface area contributed by atoms with Gasteiger partial charge in [0.25, 0.3) is 5.91 Å². The average Bonchev–Trinajstić information content (AvgIpc) is 2.56. The van der Waals surface area contributed by atoms with Crippen molar-refractivity contribution in [2.45, 2.75) is 18.9 Å². The number of hydrogen-bond donors (Lipinski definition) is 0. The number of benzene rings is 2. The maximum absolute atomic E-state index is 12.4. The second-order valence-electron chi connectivity index (χ2n) is 6.90. The SMILES string of the molecule is [C-]#[N+]c1ccc(OC2CC3(C2)CN(C(=O)c2ccccc2)C3)cc1Cl. The molecule has 0 bridgehead atoms. The maximum atomic E-state index is 12.4. The molecule has 2 aliphatic rings. The van der Waals surface area contributed by atoms with E-state index >= 15 is 0 Å². The molecule has 0 unspecified atom stereocenters. The molecule has 1 aliphatic heterocycles. The number of likely N-dealkylation sites (tertiary alicyclic amines) is 1. The summed E-state index contributed by atoms with van der Waals surface area (Å²) >= 11 is 6.04. The molecule has 4 nitrogen and oxygen atoms in total. The monoisotopic (exact) mass is 352 g/mol. The summed E-state index contributed by atoms with van der Waals surface area (Å²) in [5.41, 5.74) is 1.40. The van der Waals surface area contributed by atoms with Crippen molar-refractivity contribution in [1.82, 2.24) is 4.90 Å². The highest BCUT2D eigenvalue weighted by Crippen LogP contribution is 2.50. The van der Waals surface area contributed by atoms with Gasteiger partial charge in [0.1, 0.15) is 11.9 Å². The highest BCUT2D eigenvalue weighted by Gasteiger charge is 2.54. The van der Waals surface area contributed by atoms with Crippen LogP contribution >= 0.6 is 11.6 Å². The molecule has 0 radical (unpaired) electrons. The largest absolute Gasteiger partial charge is 0.490 e. The van der Waals surface area contributed by atoms with Crippen LogP contribution in [0, 0.1) is 12.0 Å². The lowest BCUT2D eigenvalue weighted by Gasteiger charge is -2.58. The van der Waals surface area contributed by atoms with Crippen LogP contribution in [0.15, 0.2) is 48.5 Å². The molecule has 0 N–H and O–H groups in total. The Balaban J connectivity index is 1.30. The third kappa shape index (κ3) is 2.96. The highest BCUT2D eigenvalue weighted by molar-refractivity contribution is 6.33. The number of halogens is 1. The topological polar surface area (TPSA) is 33.9 Å². The van der Waals surface area contributed by atoms with Gasteiger partial charge >= 0.3 is 0 Å². The molecule has 0 atom stereocenters. The molecule has 1 amide bonds. The molecule has 4 rings (SSSR count). The maximum Gasteiger partial charge on any atom is 0.253 e. The number of carbonyl (C=O) groups is 1. The van der Waals surface area contributed by atoms with Crippen molar-refractivity contribution in [1.29, 1.82) is 0 Å². The van der Waals surface area contributed by atoms with Gasteiger partial charge in [-0.15, -0.1) is 0 Å². The summed E-state index contributed by atoms with van der Waals surface area (Å²) in [7, 11) is 0. The van der Waals surface area contributed by atoms with E-state index in [4.69, 9.17) is 22.9 Å². The first-order chi connectivity index (χ1) is 12.1. The van der Waals surface area contributed by atoms with Gasteiger partial charge in [-0.25, -0.2) is 4.85 Å². The standard InChI is InChI=1S/C20H17ClN2O2/c1-22-18-8-7-15(9-17(18)21)25-16-10-20(11-16)12-23(13-20)19(24)14-5-3-2-4-6-14/h2-9,16H,10-13H2. The first-order valence-electron chi connectivity index (χ1n) is 8.27. The van der Waals surface area contributed by atoms with Gasteiger partial charge in [0.15, 0.2) is 0 Å². The van der Waals surface area contributed by atoms with Crippen molar-refractivity contribution in [2.24, 2.45) is 5.41 Å². The lowest BCUT2D eigenvalue weighted by atomic mass is 9.61. The first-order valence-corrected chi connectivity index (χ1v) is 8.64. The third-order valence-corrected chi connectivity index (χ3v) is 5.33. The quantitative estimate of drug-likeness (QED) is 0.758. The molecule has 2 aromatic rings. The van der Waals surface area contributed by atoms with Gasteiger partial charge in [-0.1, -0.05) is 35.9 Å². The highest BCUT2D eigenvalue weighted by atomic mass is 35.5. The molecule has 2 fully saturated rings. The summed E-state index contributed by atoms with van der Waals surface area (Å²) < 4.78 is 5.95. The molecule has 1 heterocycles. The van der Waals surface area contributed by atoms with Crippen LogP contribution in [0.5, 0.6) is 5.75 Å². The fourth-order valence-electron chi connectivity index (χ4n) is 3.76. The smallest absolute Gasteiger partial charge is 0.253 e. The molecule has 1 aliphatic carbocycles. The fraction of sp³-hybridized carbons (Fsp3) is 0.300. The van der Waals surface area contributed by atoms with Gasteiger partial charge in [0.2, 0.25) is 5.69 Å². The molecule has 1 saturated heterocycles. The van der Waals surface area contributed by atoms with Crippen molar-refractivity contribution in [3.8, 4) is 5.75 Å². The zero-order chi connectivity index (χ0) is 17.4. The van der Waals surface area contributed by atoms with Crippen LogP contribution in [-0.2, 0) is 0 Å². The van der Waals surface area contributed by atoms with E-state index < -0.39 is 0 Å². The van der Waals surface area contributed by atoms with Crippen molar-refractivity contribution in [3.63, 3.8) is 0 Å². The van der Waals surface area contributed by atoms with Crippen LogP contribution in [0.3, 0.4) is 0 Å². The second kappa shape index (κ2) is 6.09. The van der Waals surface area contributed by atoms with Crippen LogP contribution in [0.2, 0.25) is 5.02 Å². The van der Waals surface area contributed by atoms with Gasteiger partial charge in [-0.05, 0) is 37.1 Å². The van der Waals surface area contributed by atoms with Crippen molar-refractivity contribution in [2.75, 3.05) is 13.1 Å². The van der Waals surface area contributed by atoms with E-state index in [1.54, 1.807) is 18.2 Å². The number of carbonyl (C=O) groups excluding carboxylic acids is 1. The molecular weight excluding hydrogens is 336 g/mol. The van der Waals surface area contributed by atoms with E-state index in [2.05, 4.69) is 4.85 Å². The number of nitrogens with zero attached hydrogens (tertiary/aromatic N) is 2. The number of ether oxygens (including phenoxy) is 1. The van der Waals surface area contributed by atoms with Crippen LogP contribution in [0.25, 0.3) is 4.85 Å².